The molecule has 0 aliphatic heterocycles. The van der Waals surface area contributed by atoms with Crippen LogP contribution in [0.4, 0.5) is 4.39 Å². The van der Waals surface area contributed by atoms with Crippen molar-refractivity contribution < 1.29 is 28.3 Å². The second kappa shape index (κ2) is 10.6. The molecule has 2 amide bonds. The van der Waals surface area contributed by atoms with E-state index in [-0.39, 0.29) is 41.8 Å². The standard InChI is InChI=1S/C21H23FN4O3.CH2O2/c1-26(11-17-9-14-8-15(22)4-7-18(14)24-17)21(28)13-2-5-16(6-3-13)25-20(27)19-10-23-12-29-19;2-1-3/h4,7-10,12-13,16,24H,2-3,5-6,11H2,1H3,(H,25,27);1H,(H,2,3). The molecule has 9 nitrogen and oxygen atoms in total. The molecule has 0 bridgehead atoms. The largest absolute Gasteiger partial charge is 0.483 e. The number of carboxylic acid groups (broad SMARTS) is 1. The Morgan fingerprint density at radius 1 is 1.31 bits per heavy atom. The van der Waals surface area contributed by atoms with Crippen molar-refractivity contribution in [2.24, 2.45) is 5.92 Å². The number of hydrogen-bond acceptors (Lipinski definition) is 5. The van der Waals surface area contributed by atoms with Gasteiger partial charge in [0.1, 0.15) is 5.82 Å². The molecule has 0 saturated heterocycles. The Morgan fingerprint density at radius 2 is 2.03 bits per heavy atom. The van der Waals surface area contributed by atoms with Gasteiger partial charge in [0.25, 0.3) is 12.4 Å². The number of halogens is 1. The third kappa shape index (κ3) is 5.71. The van der Waals surface area contributed by atoms with Crippen LogP contribution in [0.15, 0.2) is 41.3 Å². The molecular weight excluding hydrogens is 419 g/mol. The topological polar surface area (TPSA) is 129 Å². The molecule has 0 unspecified atom stereocenters. The van der Waals surface area contributed by atoms with Crippen LogP contribution in [0.2, 0.25) is 0 Å². The van der Waals surface area contributed by atoms with E-state index in [1.165, 1.54) is 24.7 Å². The first-order valence-electron chi connectivity index (χ1n) is 10.2. The number of aromatic amines is 1. The first kappa shape index (κ1) is 23.0. The van der Waals surface area contributed by atoms with E-state index in [1.54, 1.807) is 18.0 Å². The summed E-state index contributed by atoms with van der Waals surface area (Å²) < 4.78 is 18.4. The van der Waals surface area contributed by atoms with Gasteiger partial charge in [-0.1, -0.05) is 0 Å². The summed E-state index contributed by atoms with van der Waals surface area (Å²) in [5.41, 5.74) is 1.72. The fourth-order valence-electron chi connectivity index (χ4n) is 3.96. The van der Waals surface area contributed by atoms with Crippen molar-refractivity contribution in [3.8, 4) is 0 Å². The first-order valence-corrected chi connectivity index (χ1v) is 10.2. The monoisotopic (exact) mass is 444 g/mol. The summed E-state index contributed by atoms with van der Waals surface area (Å²) in [4.78, 5) is 41.9. The van der Waals surface area contributed by atoms with Crippen LogP contribution in [0, 0.1) is 11.7 Å². The highest BCUT2D eigenvalue weighted by Crippen LogP contribution is 2.27. The van der Waals surface area contributed by atoms with E-state index in [0.29, 0.717) is 6.54 Å². The van der Waals surface area contributed by atoms with Crippen molar-refractivity contribution in [3.05, 3.63) is 54.1 Å². The molecule has 3 aromatic rings. The number of hydrogen-bond donors (Lipinski definition) is 3. The summed E-state index contributed by atoms with van der Waals surface area (Å²) in [6.45, 7) is 0.192. The van der Waals surface area contributed by atoms with Crippen LogP contribution in [0.5, 0.6) is 0 Å². The Labute approximate surface area is 183 Å². The smallest absolute Gasteiger partial charge is 0.290 e. The number of carbonyl (C=O) groups excluding carboxylic acids is 2. The molecule has 1 aliphatic rings. The molecule has 4 rings (SSSR count). The molecule has 1 aliphatic carbocycles. The van der Waals surface area contributed by atoms with Gasteiger partial charge >= 0.3 is 0 Å². The summed E-state index contributed by atoms with van der Waals surface area (Å²) in [5.74, 6) is -0.319. The second-order valence-electron chi connectivity index (χ2n) is 7.71. The molecule has 170 valence electrons. The van der Waals surface area contributed by atoms with Gasteiger partial charge in [0.15, 0.2) is 6.39 Å². The maximum absolute atomic E-state index is 13.4. The second-order valence-corrected chi connectivity index (χ2v) is 7.71. The zero-order valence-corrected chi connectivity index (χ0v) is 17.6. The van der Waals surface area contributed by atoms with Crippen LogP contribution >= 0.6 is 0 Å². The normalized spacial score (nSPS) is 17.8. The zero-order valence-electron chi connectivity index (χ0n) is 17.6. The molecule has 10 heteroatoms. The van der Waals surface area contributed by atoms with E-state index in [9.17, 15) is 14.0 Å². The van der Waals surface area contributed by atoms with E-state index >= 15 is 0 Å². The number of aromatic nitrogens is 2. The molecule has 32 heavy (non-hydrogen) atoms. The van der Waals surface area contributed by atoms with E-state index in [1.807, 2.05) is 6.07 Å². The Hall–Kier alpha value is -3.69. The van der Waals surface area contributed by atoms with Gasteiger partial charge < -0.3 is 24.7 Å². The van der Waals surface area contributed by atoms with Crippen LogP contribution in [0.3, 0.4) is 0 Å². The van der Waals surface area contributed by atoms with E-state index in [4.69, 9.17) is 14.3 Å². The van der Waals surface area contributed by atoms with E-state index < -0.39 is 0 Å². The number of oxazole rings is 1. The number of H-pyrrole nitrogens is 1. The Kier molecular flexibility index (Phi) is 7.58. The Morgan fingerprint density at radius 3 is 2.69 bits per heavy atom. The SMILES string of the molecule is CN(Cc1cc2cc(F)ccc2[nH]1)C(=O)C1CCC(NC(=O)c2cnco2)CC1.O=CO. The van der Waals surface area contributed by atoms with Crippen molar-refractivity contribution in [1.82, 2.24) is 20.2 Å². The van der Waals surface area contributed by atoms with E-state index in [0.717, 1.165) is 42.3 Å². The quantitative estimate of drug-likeness (QED) is 0.519. The highest BCUT2D eigenvalue weighted by Gasteiger charge is 2.29. The highest BCUT2D eigenvalue weighted by atomic mass is 19.1. The lowest BCUT2D eigenvalue weighted by Gasteiger charge is -2.30. The Bertz CT molecular complexity index is 1060. The third-order valence-electron chi connectivity index (χ3n) is 5.49. The van der Waals surface area contributed by atoms with Crippen molar-refractivity contribution in [3.63, 3.8) is 0 Å². The van der Waals surface area contributed by atoms with Crippen molar-refractivity contribution in [2.75, 3.05) is 7.05 Å². The van der Waals surface area contributed by atoms with Crippen molar-refractivity contribution >= 4 is 29.2 Å². The minimum Gasteiger partial charge on any atom is -0.483 e. The predicted molar refractivity (Wildman–Crippen MR) is 113 cm³/mol. The number of nitrogens with one attached hydrogen (secondary N) is 2. The summed E-state index contributed by atoms with van der Waals surface area (Å²) in [7, 11) is 1.78. The highest BCUT2D eigenvalue weighted by molar-refractivity contribution is 5.91. The van der Waals surface area contributed by atoms with Gasteiger partial charge in [-0.05, 0) is 49.9 Å². The molecule has 0 spiro atoms. The Balaban J connectivity index is 0.000000913. The van der Waals surface area contributed by atoms with Gasteiger partial charge in [0, 0.05) is 35.6 Å². The van der Waals surface area contributed by atoms with Crippen LogP contribution < -0.4 is 5.32 Å². The van der Waals surface area contributed by atoms with Gasteiger partial charge in [-0.2, -0.15) is 0 Å². The number of rotatable bonds is 5. The summed E-state index contributed by atoms with van der Waals surface area (Å²) in [6.07, 6.45) is 5.55. The number of benzene rings is 1. The molecule has 0 radical (unpaired) electrons. The minimum atomic E-state index is -0.278. The number of fused-ring (bicyclic) bond motifs is 1. The lowest BCUT2D eigenvalue weighted by atomic mass is 9.85. The lowest BCUT2D eigenvalue weighted by Crippen LogP contribution is -2.41. The molecule has 1 fully saturated rings. The minimum absolute atomic E-state index is 0.0329. The lowest BCUT2D eigenvalue weighted by molar-refractivity contribution is -0.136. The fourth-order valence-corrected chi connectivity index (χ4v) is 3.96. The van der Waals surface area contributed by atoms with Gasteiger partial charge in [-0.3, -0.25) is 14.4 Å². The predicted octanol–water partition coefficient (Wildman–Crippen LogP) is 2.94. The molecule has 3 N–H and O–H groups in total. The summed E-state index contributed by atoms with van der Waals surface area (Å²) in [6, 6.07) is 6.50. The van der Waals surface area contributed by atoms with Gasteiger partial charge in [0.2, 0.25) is 11.7 Å². The maximum atomic E-state index is 13.4. The molecule has 2 heterocycles. The number of amides is 2. The first-order chi connectivity index (χ1) is 15.4. The molecule has 1 saturated carbocycles. The number of carbonyl (C=O) groups is 3. The zero-order chi connectivity index (χ0) is 23.1. The maximum Gasteiger partial charge on any atom is 0.290 e. The van der Waals surface area contributed by atoms with Crippen molar-refractivity contribution in [1.29, 1.82) is 0 Å². The fraction of sp³-hybridized carbons (Fsp3) is 0.364. The average Bonchev–Trinajstić information content (AvgIpc) is 3.44. The van der Waals surface area contributed by atoms with Gasteiger partial charge in [-0.25, -0.2) is 9.37 Å². The van der Waals surface area contributed by atoms with Crippen LogP contribution in [-0.4, -0.2) is 51.4 Å². The third-order valence-corrected chi connectivity index (χ3v) is 5.49. The van der Waals surface area contributed by atoms with Gasteiger partial charge in [-0.15, -0.1) is 0 Å². The van der Waals surface area contributed by atoms with Crippen molar-refractivity contribution in [2.45, 2.75) is 38.3 Å². The molecule has 1 aromatic carbocycles. The van der Waals surface area contributed by atoms with Gasteiger partial charge in [0.05, 0.1) is 12.7 Å². The van der Waals surface area contributed by atoms with Crippen LogP contribution in [0.25, 0.3) is 10.9 Å². The summed E-state index contributed by atoms with van der Waals surface area (Å²) >= 11 is 0. The van der Waals surface area contributed by atoms with E-state index in [2.05, 4.69) is 15.3 Å². The number of nitrogens with zero attached hydrogens (tertiary/aromatic N) is 2. The molecule has 0 atom stereocenters. The molecular formula is C22H25FN4O5. The van der Waals surface area contributed by atoms with Crippen LogP contribution in [-0.2, 0) is 16.1 Å². The molecule has 2 aromatic heterocycles. The van der Waals surface area contributed by atoms with Crippen LogP contribution in [0.1, 0.15) is 41.9 Å². The summed E-state index contributed by atoms with van der Waals surface area (Å²) in [5, 5.41) is 10.6. The average molecular weight is 444 g/mol.